The number of nitrogens with zero attached hydrogens (tertiary/aromatic N) is 2. The molecule has 0 radical (unpaired) electrons. The zero-order chi connectivity index (χ0) is 10.6. The molecule has 1 rings (SSSR count). The minimum atomic E-state index is -0.712. The molecule has 2 atom stereocenters. The van der Waals surface area contributed by atoms with Crippen molar-refractivity contribution in [1.29, 1.82) is 10.5 Å². The number of nitriles is 2. The van der Waals surface area contributed by atoms with Crippen LogP contribution in [0.5, 0.6) is 0 Å². The molecule has 0 bridgehead atoms. The van der Waals surface area contributed by atoms with Crippen molar-refractivity contribution in [3.8, 4) is 12.1 Å². The Hall–Kier alpha value is -1.80. The van der Waals surface area contributed by atoms with Gasteiger partial charge in [0.2, 0.25) is 0 Å². The molecule has 0 aliphatic carbocycles. The van der Waals surface area contributed by atoms with E-state index in [1.54, 1.807) is 13.8 Å². The second-order valence-electron chi connectivity index (χ2n) is 3.53. The fraction of sp³-hybridized carbons (Fsp3) is 0.333. The van der Waals surface area contributed by atoms with Gasteiger partial charge in [-0.3, -0.25) is 0 Å². The van der Waals surface area contributed by atoms with E-state index in [2.05, 4.69) is 12.1 Å². The first-order valence-corrected chi connectivity index (χ1v) is 4.51. The topological polar surface area (TPSA) is 47.6 Å². The predicted molar refractivity (Wildman–Crippen MR) is 54.2 cm³/mol. The largest absolute Gasteiger partial charge is 0.198 e. The molecule has 0 spiro atoms. The van der Waals surface area contributed by atoms with Gasteiger partial charge in [-0.15, -0.1) is 0 Å². The zero-order valence-electron chi connectivity index (χ0n) is 8.36. The van der Waals surface area contributed by atoms with Gasteiger partial charge >= 0.3 is 0 Å². The lowest BCUT2D eigenvalue weighted by atomic mass is 9.74. The number of benzene rings is 1. The van der Waals surface area contributed by atoms with Gasteiger partial charge in [0.05, 0.1) is 23.5 Å². The van der Waals surface area contributed by atoms with Crippen molar-refractivity contribution in [2.24, 2.45) is 5.92 Å². The van der Waals surface area contributed by atoms with Crippen LogP contribution in [0.25, 0.3) is 0 Å². The third-order valence-electron chi connectivity index (χ3n) is 2.67. The van der Waals surface area contributed by atoms with Crippen molar-refractivity contribution < 1.29 is 0 Å². The van der Waals surface area contributed by atoms with Crippen LogP contribution in [-0.4, -0.2) is 0 Å². The van der Waals surface area contributed by atoms with Crippen molar-refractivity contribution in [3.05, 3.63) is 35.9 Å². The molecule has 0 amide bonds. The van der Waals surface area contributed by atoms with E-state index >= 15 is 0 Å². The summed E-state index contributed by atoms with van der Waals surface area (Å²) >= 11 is 0. The van der Waals surface area contributed by atoms with Gasteiger partial charge in [0.15, 0.2) is 0 Å². The Morgan fingerprint density at radius 3 is 2.21 bits per heavy atom. The molecule has 0 heterocycles. The SMILES string of the molecule is C[C@@H](C#N)C(C)(C#N)c1ccccc1. The second-order valence-corrected chi connectivity index (χ2v) is 3.53. The number of rotatable bonds is 2. The van der Waals surface area contributed by atoms with Gasteiger partial charge in [-0.1, -0.05) is 30.3 Å². The van der Waals surface area contributed by atoms with Crippen LogP contribution in [0.2, 0.25) is 0 Å². The van der Waals surface area contributed by atoms with E-state index in [0.717, 1.165) is 5.56 Å². The van der Waals surface area contributed by atoms with Gasteiger partial charge in [0.1, 0.15) is 0 Å². The summed E-state index contributed by atoms with van der Waals surface area (Å²) in [5, 5.41) is 18.0. The Morgan fingerprint density at radius 2 is 1.79 bits per heavy atom. The highest BCUT2D eigenvalue weighted by Gasteiger charge is 2.33. The molecule has 0 aliphatic rings. The van der Waals surface area contributed by atoms with Crippen molar-refractivity contribution >= 4 is 0 Å². The number of hydrogen-bond acceptors (Lipinski definition) is 2. The smallest absolute Gasteiger partial charge is 0.0949 e. The Kier molecular flexibility index (Phi) is 2.89. The first-order valence-electron chi connectivity index (χ1n) is 4.51. The summed E-state index contributed by atoms with van der Waals surface area (Å²) in [6.07, 6.45) is 0. The lowest BCUT2D eigenvalue weighted by molar-refractivity contribution is 0.485. The fourth-order valence-corrected chi connectivity index (χ4v) is 1.32. The van der Waals surface area contributed by atoms with E-state index in [0.29, 0.717) is 0 Å². The summed E-state index contributed by atoms with van der Waals surface area (Å²) in [6.45, 7) is 3.58. The second kappa shape index (κ2) is 3.94. The van der Waals surface area contributed by atoms with Crippen molar-refractivity contribution in [1.82, 2.24) is 0 Å². The van der Waals surface area contributed by atoms with Crippen LogP contribution in [0.1, 0.15) is 19.4 Å². The molecule has 70 valence electrons. The molecular weight excluding hydrogens is 172 g/mol. The molecule has 1 unspecified atom stereocenters. The van der Waals surface area contributed by atoms with E-state index in [1.165, 1.54) is 0 Å². The zero-order valence-corrected chi connectivity index (χ0v) is 8.36. The number of hydrogen-bond donors (Lipinski definition) is 0. The van der Waals surface area contributed by atoms with E-state index in [4.69, 9.17) is 10.5 Å². The fourth-order valence-electron chi connectivity index (χ4n) is 1.32. The van der Waals surface area contributed by atoms with E-state index in [-0.39, 0.29) is 5.92 Å². The Balaban J connectivity index is 3.18. The molecule has 2 nitrogen and oxygen atoms in total. The van der Waals surface area contributed by atoms with Gasteiger partial charge in [-0.25, -0.2) is 0 Å². The Labute approximate surface area is 84.4 Å². The van der Waals surface area contributed by atoms with Gasteiger partial charge in [-0.2, -0.15) is 10.5 Å². The summed E-state index contributed by atoms with van der Waals surface area (Å²) in [7, 11) is 0. The average Bonchev–Trinajstić information content (AvgIpc) is 2.28. The molecule has 0 saturated heterocycles. The van der Waals surface area contributed by atoms with Crippen LogP contribution < -0.4 is 0 Å². The van der Waals surface area contributed by atoms with E-state index in [1.807, 2.05) is 30.3 Å². The van der Waals surface area contributed by atoms with Crippen molar-refractivity contribution in [3.63, 3.8) is 0 Å². The van der Waals surface area contributed by atoms with Gasteiger partial charge < -0.3 is 0 Å². The van der Waals surface area contributed by atoms with Crippen LogP contribution in [0, 0.1) is 28.6 Å². The van der Waals surface area contributed by atoms with E-state index in [9.17, 15) is 0 Å². The van der Waals surface area contributed by atoms with Crippen LogP contribution >= 0.6 is 0 Å². The normalized spacial score (nSPS) is 16.0. The molecule has 0 N–H and O–H groups in total. The molecule has 0 aliphatic heterocycles. The summed E-state index contributed by atoms with van der Waals surface area (Å²) < 4.78 is 0. The molecule has 0 saturated carbocycles. The molecule has 2 heteroatoms. The van der Waals surface area contributed by atoms with Crippen molar-refractivity contribution in [2.45, 2.75) is 19.3 Å². The average molecular weight is 184 g/mol. The third kappa shape index (κ3) is 1.60. The van der Waals surface area contributed by atoms with Crippen LogP contribution in [-0.2, 0) is 5.41 Å². The highest BCUT2D eigenvalue weighted by molar-refractivity contribution is 5.33. The molecule has 0 aromatic heterocycles. The van der Waals surface area contributed by atoms with Crippen LogP contribution in [0.15, 0.2) is 30.3 Å². The summed E-state index contributed by atoms with van der Waals surface area (Å²) in [6, 6.07) is 13.8. The summed E-state index contributed by atoms with van der Waals surface area (Å²) in [5.41, 5.74) is 0.187. The summed E-state index contributed by atoms with van der Waals surface area (Å²) in [5.74, 6) is -0.310. The first kappa shape index (κ1) is 10.3. The lowest BCUT2D eigenvalue weighted by Gasteiger charge is -2.24. The van der Waals surface area contributed by atoms with Gasteiger partial charge in [-0.05, 0) is 19.4 Å². The van der Waals surface area contributed by atoms with Gasteiger partial charge in [0.25, 0.3) is 0 Å². The molecular formula is C12H12N2. The molecule has 1 aromatic carbocycles. The maximum absolute atomic E-state index is 9.14. The third-order valence-corrected chi connectivity index (χ3v) is 2.67. The Bertz CT molecular complexity index is 383. The maximum atomic E-state index is 9.14. The van der Waals surface area contributed by atoms with Crippen molar-refractivity contribution in [2.75, 3.05) is 0 Å². The minimum Gasteiger partial charge on any atom is -0.198 e. The maximum Gasteiger partial charge on any atom is 0.0949 e. The highest BCUT2D eigenvalue weighted by Crippen LogP contribution is 2.30. The minimum absolute atomic E-state index is 0.310. The molecule has 0 fully saturated rings. The monoisotopic (exact) mass is 184 g/mol. The highest BCUT2D eigenvalue weighted by atomic mass is 14.4. The Morgan fingerprint density at radius 1 is 1.21 bits per heavy atom. The molecule has 1 aromatic rings. The first-order chi connectivity index (χ1) is 6.65. The van der Waals surface area contributed by atoms with E-state index < -0.39 is 5.41 Å². The quantitative estimate of drug-likeness (QED) is 0.709. The predicted octanol–water partition coefficient (Wildman–Crippen LogP) is 2.63. The standard InChI is InChI=1S/C12H12N2/c1-10(8-13)12(2,9-14)11-6-4-3-5-7-11/h3-7,10H,1-2H3/t10-,12?/m0/s1. The van der Waals surface area contributed by atoms with Gasteiger partial charge in [0, 0.05) is 0 Å². The van der Waals surface area contributed by atoms with Crippen LogP contribution in [0.3, 0.4) is 0 Å². The summed E-state index contributed by atoms with van der Waals surface area (Å²) in [4.78, 5) is 0. The lowest BCUT2D eigenvalue weighted by Crippen LogP contribution is -2.27. The molecule has 14 heavy (non-hydrogen) atoms. The van der Waals surface area contributed by atoms with Crippen LogP contribution in [0.4, 0.5) is 0 Å².